The molecule has 2 fully saturated rings. The van der Waals surface area contributed by atoms with Crippen LogP contribution in [0.4, 0.5) is 0 Å². The second-order valence-corrected chi connectivity index (χ2v) is 9.01. The smallest absolute Gasteiger partial charge is 0.332 e. The van der Waals surface area contributed by atoms with Crippen molar-refractivity contribution in [3.05, 3.63) is 62.8 Å². The maximum atomic E-state index is 13.7. The zero-order valence-electron chi connectivity index (χ0n) is 19.6. The molecule has 0 unspecified atom stereocenters. The minimum atomic E-state index is -0.324. The van der Waals surface area contributed by atoms with E-state index in [0.717, 1.165) is 18.4 Å². The topological polar surface area (TPSA) is 80.9 Å². The van der Waals surface area contributed by atoms with Crippen LogP contribution in [0.25, 0.3) is 10.9 Å². The summed E-state index contributed by atoms with van der Waals surface area (Å²) in [5, 5.41) is 0.486. The molecular formula is C26H30N2O6. The van der Waals surface area contributed by atoms with E-state index < -0.39 is 0 Å². The van der Waals surface area contributed by atoms with Gasteiger partial charge in [0, 0.05) is 19.3 Å². The Morgan fingerprint density at radius 2 is 1.71 bits per heavy atom. The Balaban J connectivity index is 1.62. The van der Waals surface area contributed by atoms with E-state index >= 15 is 0 Å². The van der Waals surface area contributed by atoms with Crippen molar-refractivity contribution < 1.29 is 18.9 Å². The third-order valence-corrected chi connectivity index (χ3v) is 6.67. The lowest BCUT2D eigenvalue weighted by atomic mass is 10.1. The van der Waals surface area contributed by atoms with Gasteiger partial charge in [0.1, 0.15) is 5.75 Å². The minimum Gasteiger partial charge on any atom is -0.493 e. The summed E-state index contributed by atoms with van der Waals surface area (Å²) in [6.07, 6.45) is 3.83. The molecule has 5 rings (SSSR count). The molecule has 180 valence electrons. The number of rotatable bonds is 8. The summed E-state index contributed by atoms with van der Waals surface area (Å²) >= 11 is 0. The molecule has 2 aliphatic rings. The third-order valence-electron chi connectivity index (χ3n) is 6.67. The maximum Gasteiger partial charge on any atom is 0.332 e. The largest absolute Gasteiger partial charge is 0.493 e. The Morgan fingerprint density at radius 3 is 2.41 bits per heavy atom. The van der Waals surface area contributed by atoms with Gasteiger partial charge in [-0.1, -0.05) is 6.07 Å². The van der Waals surface area contributed by atoms with Crippen LogP contribution in [0.3, 0.4) is 0 Å². The Kier molecular flexibility index (Phi) is 6.32. The first-order valence-corrected chi connectivity index (χ1v) is 11.8. The molecular weight excluding hydrogens is 436 g/mol. The highest BCUT2D eigenvalue weighted by Gasteiger charge is 2.24. The first-order valence-electron chi connectivity index (χ1n) is 11.8. The zero-order chi connectivity index (χ0) is 23.7. The predicted octanol–water partition coefficient (Wildman–Crippen LogP) is 3.37. The van der Waals surface area contributed by atoms with Crippen molar-refractivity contribution in [2.75, 3.05) is 34.0 Å². The Bertz CT molecular complexity index is 1300. The van der Waals surface area contributed by atoms with Gasteiger partial charge in [0.2, 0.25) is 0 Å². The summed E-state index contributed by atoms with van der Waals surface area (Å²) in [6.45, 7) is 1.97. The quantitative estimate of drug-likeness (QED) is 0.506. The van der Waals surface area contributed by atoms with Crippen LogP contribution in [0.2, 0.25) is 0 Å². The van der Waals surface area contributed by atoms with Crippen LogP contribution in [0, 0.1) is 5.92 Å². The number of methoxy groups -OCH3 is 2. The van der Waals surface area contributed by atoms with Gasteiger partial charge < -0.3 is 18.9 Å². The lowest BCUT2D eigenvalue weighted by Crippen LogP contribution is -2.42. The van der Waals surface area contributed by atoms with E-state index in [1.807, 2.05) is 18.2 Å². The summed E-state index contributed by atoms with van der Waals surface area (Å²) < 4.78 is 25.3. The van der Waals surface area contributed by atoms with Gasteiger partial charge in [-0.25, -0.2) is 4.79 Å². The molecule has 1 saturated carbocycles. The van der Waals surface area contributed by atoms with Gasteiger partial charge in [0.25, 0.3) is 5.56 Å². The van der Waals surface area contributed by atoms with Crippen molar-refractivity contribution >= 4 is 10.9 Å². The summed E-state index contributed by atoms with van der Waals surface area (Å²) in [5.41, 5.74) is 0.779. The highest BCUT2D eigenvalue weighted by atomic mass is 16.5. The first kappa shape index (κ1) is 22.5. The summed E-state index contributed by atoms with van der Waals surface area (Å²) in [4.78, 5) is 27.3. The van der Waals surface area contributed by atoms with Crippen LogP contribution >= 0.6 is 0 Å². The molecule has 1 aliphatic carbocycles. The van der Waals surface area contributed by atoms with E-state index in [0.29, 0.717) is 53.9 Å². The second kappa shape index (κ2) is 9.54. The SMILES string of the molecule is COc1ccc(Cn2c(=O)c3cc(OCC4CC4)ccc3n(C3CCOCC3)c2=O)cc1OC. The number of benzene rings is 2. The van der Waals surface area contributed by atoms with Gasteiger partial charge in [-0.2, -0.15) is 0 Å². The second-order valence-electron chi connectivity index (χ2n) is 9.01. The van der Waals surface area contributed by atoms with Crippen LogP contribution in [0.5, 0.6) is 17.2 Å². The molecule has 2 heterocycles. The molecule has 1 saturated heterocycles. The average molecular weight is 467 g/mol. The lowest BCUT2D eigenvalue weighted by Gasteiger charge is -2.26. The average Bonchev–Trinajstić information content (AvgIpc) is 3.70. The molecule has 0 N–H and O–H groups in total. The molecule has 0 spiro atoms. The molecule has 8 nitrogen and oxygen atoms in total. The van der Waals surface area contributed by atoms with Gasteiger partial charge in [-0.15, -0.1) is 0 Å². The van der Waals surface area contributed by atoms with E-state index in [1.165, 1.54) is 17.4 Å². The van der Waals surface area contributed by atoms with Gasteiger partial charge in [0.15, 0.2) is 11.5 Å². The van der Waals surface area contributed by atoms with Crippen LogP contribution in [-0.2, 0) is 11.3 Å². The molecule has 2 aromatic carbocycles. The van der Waals surface area contributed by atoms with Crippen molar-refractivity contribution in [2.45, 2.75) is 38.3 Å². The molecule has 8 heteroatoms. The molecule has 1 aromatic heterocycles. The highest BCUT2D eigenvalue weighted by molar-refractivity contribution is 5.80. The minimum absolute atomic E-state index is 0.0285. The number of ether oxygens (including phenoxy) is 4. The molecule has 0 amide bonds. The third kappa shape index (κ3) is 4.42. The monoisotopic (exact) mass is 466 g/mol. The van der Waals surface area contributed by atoms with E-state index in [1.54, 1.807) is 37.0 Å². The van der Waals surface area contributed by atoms with Crippen LogP contribution in [0.15, 0.2) is 46.0 Å². The normalized spacial score (nSPS) is 16.5. The zero-order valence-corrected chi connectivity index (χ0v) is 19.6. The van der Waals surface area contributed by atoms with Gasteiger partial charge in [-0.3, -0.25) is 13.9 Å². The molecule has 3 aromatic rings. The van der Waals surface area contributed by atoms with Crippen molar-refractivity contribution in [1.29, 1.82) is 0 Å². The Hall–Kier alpha value is -3.26. The highest BCUT2D eigenvalue weighted by Crippen LogP contribution is 2.31. The van der Waals surface area contributed by atoms with Crippen LogP contribution < -0.4 is 25.5 Å². The summed E-state index contributed by atoms with van der Waals surface area (Å²) in [7, 11) is 3.13. The molecule has 0 bridgehead atoms. The fourth-order valence-electron chi connectivity index (χ4n) is 4.55. The molecule has 0 atom stereocenters. The summed E-state index contributed by atoms with van der Waals surface area (Å²) in [6, 6.07) is 10.9. The first-order chi connectivity index (χ1) is 16.6. The Morgan fingerprint density at radius 1 is 0.941 bits per heavy atom. The van der Waals surface area contributed by atoms with E-state index in [4.69, 9.17) is 18.9 Å². The number of hydrogen-bond donors (Lipinski definition) is 0. The Labute approximate surface area is 197 Å². The fourth-order valence-corrected chi connectivity index (χ4v) is 4.55. The molecule has 34 heavy (non-hydrogen) atoms. The number of hydrogen-bond acceptors (Lipinski definition) is 6. The van der Waals surface area contributed by atoms with Crippen molar-refractivity contribution in [1.82, 2.24) is 9.13 Å². The van der Waals surface area contributed by atoms with Crippen molar-refractivity contribution in [2.24, 2.45) is 5.92 Å². The summed E-state index contributed by atoms with van der Waals surface area (Å²) in [5.74, 6) is 2.41. The predicted molar refractivity (Wildman–Crippen MR) is 128 cm³/mol. The van der Waals surface area contributed by atoms with Crippen LogP contribution in [-0.4, -0.2) is 43.2 Å². The van der Waals surface area contributed by atoms with Gasteiger partial charge in [-0.05, 0) is 67.5 Å². The van der Waals surface area contributed by atoms with E-state index in [-0.39, 0.29) is 23.8 Å². The standard InChI is InChI=1S/C26H30N2O6/c1-31-23-8-5-18(13-24(23)32-2)15-27-25(29)21-14-20(34-16-17-3-4-17)6-7-22(21)28(26(27)30)19-9-11-33-12-10-19/h5-8,13-14,17,19H,3-4,9-12,15-16H2,1-2H3. The lowest BCUT2D eigenvalue weighted by molar-refractivity contribution is 0.0691. The maximum absolute atomic E-state index is 13.7. The number of fused-ring (bicyclic) bond motifs is 1. The van der Waals surface area contributed by atoms with Crippen LogP contribution in [0.1, 0.15) is 37.3 Å². The van der Waals surface area contributed by atoms with Crippen molar-refractivity contribution in [3.8, 4) is 17.2 Å². The van der Waals surface area contributed by atoms with Gasteiger partial charge in [0.05, 0.1) is 38.3 Å². The number of nitrogens with zero attached hydrogens (tertiary/aromatic N) is 2. The van der Waals surface area contributed by atoms with Gasteiger partial charge >= 0.3 is 5.69 Å². The fraction of sp³-hybridized carbons (Fsp3) is 0.462. The number of aromatic nitrogens is 2. The molecule has 1 aliphatic heterocycles. The molecule has 0 radical (unpaired) electrons. The van der Waals surface area contributed by atoms with E-state index in [9.17, 15) is 9.59 Å². The van der Waals surface area contributed by atoms with E-state index in [2.05, 4.69) is 0 Å². The van der Waals surface area contributed by atoms with Crippen molar-refractivity contribution in [3.63, 3.8) is 0 Å².